The zero-order chi connectivity index (χ0) is 13.9. The lowest BCUT2D eigenvalue weighted by atomic mass is 10.1. The molecule has 104 valence electrons. The van der Waals surface area contributed by atoms with E-state index in [-0.39, 0.29) is 5.97 Å². The minimum atomic E-state index is -0.411. The van der Waals surface area contributed by atoms with E-state index >= 15 is 0 Å². The van der Waals surface area contributed by atoms with Crippen molar-refractivity contribution in [1.29, 1.82) is 0 Å². The Kier molecular flexibility index (Phi) is 4.25. The molecule has 1 saturated carbocycles. The second-order valence-corrected chi connectivity index (χ2v) is 6.23. The molecule has 0 unspecified atom stereocenters. The van der Waals surface area contributed by atoms with Crippen LogP contribution in [0.2, 0.25) is 0 Å². The summed E-state index contributed by atoms with van der Waals surface area (Å²) in [4.78, 5) is 11.7. The lowest BCUT2D eigenvalue weighted by molar-refractivity contribution is -0.153. The number of hydrogen-bond donors (Lipinski definition) is 1. The van der Waals surface area contributed by atoms with Crippen molar-refractivity contribution >= 4 is 5.97 Å². The first-order valence-electron chi connectivity index (χ1n) is 6.95. The van der Waals surface area contributed by atoms with E-state index < -0.39 is 5.60 Å². The van der Waals surface area contributed by atoms with Crippen molar-refractivity contribution in [3.05, 3.63) is 35.4 Å². The number of esters is 1. The zero-order valence-corrected chi connectivity index (χ0v) is 12.0. The van der Waals surface area contributed by atoms with Gasteiger partial charge < -0.3 is 10.1 Å². The molecule has 3 nitrogen and oxygen atoms in total. The third-order valence-corrected chi connectivity index (χ3v) is 2.96. The van der Waals surface area contributed by atoms with E-state index in [1.807, 2.05) is 32.9 Å². The van der Waals surface area contributed by atoms with Crippen molar-refractivity contribution in [2.45, 2.75) is 58.2 Å². The lowest BCUT2D eigenvalue weighted by Gasteiger charge is -2.19. The van der Waals surface area contributed by atoms with Crippen LogP contribution in [0.25, 0.3) is 0 Å². The van der Waals surface area contributed by atoms with Gasteiger partial charge in [-0.3, -0.25) is 4.79 Å². The first kappa shape index (κ1) is 14.1. The average molecular weight is 261 g/mol. The van der Waals surface area contributed by atoms with Crippen molar-refractivity contribution in [1.82, 2.24) is 5.32 Å². The molecule has 1 fully saturated rings. The molecule has 1 aromatic rings. The molecule has 0 spiro atoms. The van der Waals surface area contributed by atoms with Gasteiger partial charge in [0.1, 0.15) is 5.60 Å². The van der Waals surface area contributed by atoms with Gasteiger partial charge in [-0.15, -0.1) is 0 Å². The fourth-order valence-electron chi connectivity index (χ4n) is 1.87. The normalized spacial score (nSPS) is 15.3. The zero-order valence-electron chi connectivity index (χ0n) is 12.0. The van der Waals surface area contributed by atoms with E-state index in [4.69, 9.17) is 4.74 Å². The first-order chi connectivity index (χ1) is 8.92. The molecule has 1 N–H and O–H groups in total. The van der Waals surface area contributed by atoms with Gasteiger partial charge in [0, 0.05) is 12.6 Å². The van der Waals surface area contributed by atoms with Gasteiger partial charge in [-0.25, -0.2) is 0 Å². The van der Waals surface area contributed by atoms with Crippen molar-refractivity contribution in [3.8, 4) is 0 Å². The van der Waals surface area contributed by atoms with Crippen LogP contribution in [-0.2, 0) is 22.5 Å². The molecule has 19 heavy (non-hydrogen) atoms. The molecular weight excluding hydrogens is 238 g/mol. The summed E-state index contributed by atoms with van der Waals surface area (Å²) in [5.41, 5.74) is 1.86. The Bertz CT molecular complexity index is 427. The van der Waals surface area contributed by atoms with Crippen LogP contribution in [0.3, 0.4) is 0 Å². The maximum Gasteiger partial charge on any atom is 0.310 e. The van der Waals surface area contributed by atoms with Crippen molar-refractivity contribution < 1.29 is 9.53 Å². The molecule has 3 heteroatoms. The van der Waals surface area contributed by atoms with Gasteiger partial charge in [-0.05, 0) is 44.7 Å². The number of carbonyl (C=O) groups is 1. The Hall–Kier alpha value is -1.35. The van der Waals surface area contributed by atoms with Crippen LogP contribution in [0.5, 0.6) is 0 Å². The summed E-state index contributed by atoms with van der Waals surface area (Å²) < 4.78 is 5.31. The largest absolute Gasteiger partial charge is 0.460 e. The molecule has 0 heterocycles. The summed E-state index contributed by atoms with van der Waals surface area (Å²) in [5, 5.41) is 3.47. The van der Waals surface area contributed by atoms with Gasteiger partial charge in [0.15, 0.2) is 0 Å². The minimum absolute atomic E-state index is 0.170. The maximum absolute atomic E-state index is 11.7. The second kappa shape index (κ2) is 5.74. The highest BCUT2D eigenvalue weighted by Gasteiger charge is 2.20. The predicted octanol–water partition coefficient (Wildman–Crippen LogP) is 2.82. The molecule has 1 aliphatic rings. The summed E-state index contributed by atoms with van der Waals surface area (Å²) in [6.45, 7) is 6.57. The highest BCUT2D eigenvalue weighted by molar-refractivity contribution is 5.73. The summed E-state index contributed by atoms with van der Waals surface area (Å²) >= 11 is 0. The third kappa shape index (κ3) is 5.43. The Morgan fingerprint density at radius 2 is 1.79 bits per heavy atom. The Balaban J connectivity index is 1.81. The van der Waals surface area contributed by atoms with Crippen LogP contribution in [0, 0.1) is 0 Å². The molecule has 0 bridgehead atoms. The van der Waals surface area contributed by atoms with Crippen LogP contribution >= 0.6 is 0 Å². The summed E-state index contributed by atoms with van der Waals surface area (Å²) in [6.07, 6.45) is 2.95. The maximum atomic E-state index is 11.7. The highest BCUT2D eigenvalue weighted by Crippen LogP contribution is 2.19. The van der Waals surface area contributed by atoms with Crippen LogP contribution in [0.1, 0.15) is 44.7 Å². The number of carbonyl (C=O) groups excluding carboxylic acids is 1. The second-order valence-electron chi connectivity index (χ2n) is 6.23. The molecule has 2 rings (SSSR count). The Morgan fingerprint density at radius 3 is 2.32 bits per heavy atom. The smallest absolute Gasteiger partial charge is 0.310 e. The van der Waals surface area contributed by atoms with Gasteiger partial charge in [-0.2, -0.15) is 0 Å². The van der Waals surface area contributed by atoms with Crippen LogP contribution in [0.15, 0.2) is 24.3 Å². The SMILES string of the molecule is CC(C)(C)OC(=O)Cc1ccc(CNC2CC2)cc1. The van der Waals surface area contributed by atoms with Crippen molar-refractivity contribution in [2.75, 3.05) is 0 Å². The molecular formula is C16H23NO2. The molecule has 0 atom stereocenters. The van der Waals surface area contributed by atoms with E-state index in [2.05, 4.69) is 17.4 Å². The van der Waals surface area contributed by atoms with E-state index in [9.17, 15) is 4.79 Å². The fraction of sp³-hybridized carbons (Fsp3) is 0.562. The fourth-order valence-corrected chi connectivity index (χ4v) is 1.87. The molecule has 0 radical (unpaired) electrons. The number of hydrogen-bond acceptors (Lipinski definition) is 3. The summed E-state index contributed by atoms with van der Waals surface area (Å²) in [5.74, 6) is -0.170. The van der Waals surface area contributed by atoms with Crippen molar-refractivity contribution in [3.63, 3.8) is 0 Å². The number of benzene rings is 1. The van der Waals surface area contributed by atoms with E-state index in [1.54, 1.807) is 0 Å². The number of rotatable bonds is 5. The topological polar surface area (TPSA) is 38.3 Å². The summed E-state index contributed by atoms with van der Waals surface area (Å²) in [7, 11) is 0. The van der Waals surface area contributed by atoms with Crippen LogP contribution in [-0.4, -0.2) is 17.6 Å². The molecule has 0 aromatic heterocycles. The monoisotopic (exact) mass is 261 g/mol. The van der Waals surface area contributed by atoms with Gasteiger partial charge >= 0.3 is 5.97 Å². The molecule has 0 amide bonds. The quantitative estimate of drug-likeness (QED) is 0.828. The number of nitrogens with one attached hydrogen (secondary N) is 1. The van der Waals surface area contributed by atoms with Crippen molar-refractivity contribution in [2.24, 2.45) is 0 Å². The third-order valence-electron chi connectivity index (χ3n) is 2.96. The van der Waals surface area contributed by atoms with Crippen LogP contribution < -0.4 is 5.32 Å². The predicted molar refractivity (Wildman–Crippen MR) is 75.9 cm³/mol. The van der Waals surface area contributed by atoms with Gasteiger partial charge in [-0.1, -0.05) is 24.3 Å². The number of ether oxygens (including phenoxy) is 1. The first-order valence-corrected chi connectivity index (χ1v) is 6.95. The Morgan fingerprint density at radius 1 is 1.21 bits per heavy atom. The summed E-state index contributed by atoms with van der Waals surface area (Å²) in [6, 6.07) is 8.90. The van der Waals surface area contributed by atoms with Crippen LogP contribution in [0.4, 0.5) is 0 Å². The lowest BCUT2D eigenvalue weighted by Crippen LogP contribution is -2.24. The standard InChI is InChI=1S/C16H23NO2/c1-16(2,3)19-15(18)10-12-4-6-13(7-5-12)11-17-14-8-9-14/h4-7,14,17H,8-11H2,1-3H3. The van der Waals surface area contributed by atoms with E-state index in [0.29, 0.717) is 6.42 Å². The highest BCUT2D eigenvalue weighted by atomic mass is 16.6. The molecule has 0 aliphatic heterocycles. The van der Waals surface area contributed by atoms with E-state index in [0.717, 1.165) is 18.2 Å². The van der Waals surface area contributed by atoms with Gasteiger partial charge in [0.2, 0.25) is 0 Å². The van der Waals surface area contributed by atoms with E-state index in [1.165, 1.54) is 18.4 Å². The molecule has 0 saturated heterocycles. The molecule has 1 aliphatic carbocycles. The average Bonchev–Trinajstić information content (AvgIpc) is 3.09. The van der Waals surface area contributed by atoms with Gasteiger partial charge in [0.25, 0.3) is 0 Å². The molecule has 1 aromatic carbocycles. The minimum Gasteiger partial charge on any atom is -0.460 e. The van der Waals surface area contributed by atoms with Gasteiger partial charge in [0.05, 0.1) is 6.42 Å². The Labute approximate surface area is 115 Å².